The summed E-state index contributed by atoms with van der Waals surface area (Å²) in [6.45, 7) is 0.853. The van der Waals surface area contributed by atoms with Gasteiger partial charge in [-0.25, -0.2) is 0 Å². The minimum atomic E-state index is 0.426. The van der Waals surface area contributed by atoms with Crippen molar-refractivity contribution in [2.45, 2.75) is 13.2 Å². The maximum atomic E-state index is 5.99. The molecule has 2 aromatic rings. The molecule has 25 heavy (non-hydrogen) atoms. The lowest BCUT2D eigenvalue weighted by Crippen LogP contribution is -2.00. The lowest BCUT2D eigenvalue weighted by Gasteiger charge is -2.16. The smallest absolute Gasteiger partial charge is 0.0744 e. The normalized spacial score (nSPS) is 11.3. The van der Waals surface area contributed by atoms with Crippen molar-refractivity contribution in [1.29, 1.82) is 0 Å². The number of ether oxygens (including phenoxy) is 1. The molecule has 0 saturated heterocycles. The van der Waals surface area contributed by atoms with Crippen molar-refractivity contribution in [3.8, 4) is 0 Å². The first-order valence-electron chi connectivity index (χ1n) is 6.17. The van der Waals surface area contributed by atoms with Crippen LogP contribution in [0.3, 0.4) is 0 Å². The second-order valence-corrected chi connectivity index (χ2v) is 12.5. The number of hydrogen-bond acceptors (Lipinski definition) is 1. The van der Waals surface area contributed by atoms with Crippen molar-refractivity contribution in [1.82, 2.24) is 0 Å². The summed E-state index contributed by atoms with van der Waals surface area (Å²) in [5.41, 5.74) is 2.01. The van der Waals surface area contributed by atoms with Gasteiger partial charge in [0.1, 0.15) is 0 Å². The highest BCUT2D eigenvalue weighted by atomic mass is 79.9. The fourth-order valence-corrected chi connectivity index (χ4v) is 8.52. The highest BCUT2D eigenvalue weighted by molar-refractivity contribution is 9.16. The Morgan fingerprint density at radius 1 is 0.360 bits per heavy atom. The molecule has 0 amide bonds. The van der Waals surface area contributed by atoms with E-state index in [-0.39, 0.29) is 0 Å². The Morgan fingerprint density at radius 3 is 0.800 bits per heavy atom. The molecule has 136 valence electrons. The Morgan fingerprint density at radius 2 is 0.560 bits per heavy atom. The largest absolute Gasteiger partial charge is 0.372 e. The van der Waals surface area contributed by atoms with Crippen LogP contribution in [0.2, 0.25) is 0 Å². The summed E-state index contributed by atoms with van der Waals surface area (Å²) in [7, 11) is 0. The SMILES string of the molecule is Brc1c(Br)c(Br)c(COCc2c(Br)c(Br)c(Br)c(Br)c2Br)c(Br)c1Br. The van der Waals surface area contributed by atoms with E-state index in [1.165, 1.54) is 0 Å². The van der Waals surface area contributed by atoms with E-state index in [2.05, 4.69) is 159 Å². The van der Waals surface area contributed by atoms with E-state index in [0.717, 1.165) is 55.9 Å². The van der Waals surface area contributed by atoms with Gasteiger partial charge in [0.15, 0.2) is 0 Å². The Kier molecular flexibility index (Phi) is 10.3. The zero-order chi connectivity index (χ0) is 19.0. The molecule has 0 aliphatic rings. The van der Waals surface area contributed by atoms with Crippen molar-refractivity contribution < 1.29 is 4.74 Å². The predicted octanol–water partition coefficient (Wildman–Crippen LogP) is 11.0. The number of benzene rings is 2. The molecule has 0 bridgehead atoms. The first-order chi connectivity index (χ1) is 11.6. The number of rotatable bonds is 4. The molecule has 0 aromatic heterocycles. The van der Waals surface area contributed by atoms with Gasteiger partial charge in [-0.05, 0) is 159 Å². The van der Waals surface area contributed by atoms with Gasteiger partial charge in [0.2, 0.25) is 0 Å². The molecule has 0 atom stereocenters. The van der Waals surface area contributed by atoms with Crippen molar-refractivity contribution in [3.63, 3.8) is 0 Å². The molecule has 0 spiro atoms. The summed E-state index contributed by atoms with van der Waals surface area (Å²) in [6, 6.07) is 0. The average Bonchev–Trinajstić information content (AvgIpc) is 2.60. The highest BCUT2D eigenvalue weighted by Gasteiger charge is 2.20. The summed E-state index contributed by atoms with van der Waals surface area (Å²) >= 11 is 35.8. The maximum absolute atomic E-state index is 5.99. The van der Waals surface area contributed by atoms with E-state index < -0.39 is 0 Å². The Balaban J connectivity index is 2.29. The van der Waals surface area contributed by atoms with Crippen molar-refractivity contribution in [2.24, 2.45) is 0 Å². The van der Waals surface area contributed by atoms with Crippen LogP contribution in [0.25, 0.3) is 0 Å². The van der Waals surface area contributed by atoms with Crippen LogP contribution in [0, 0.1) is 0 Å². The fraction of sp³-hybridized carbons (Fsp3) is 0.143. The molecule has 0 saturated carbocycles. The molecule has 1 nitrogen and oxygen atoms in total. The van der Waals surface area contributed by atoms with Crippen molar-refractivity contribution >= 4 is 159 Å². The topological polar surface area (TPSA) is 9.23 Å². The summed E-state index contributed by atoms with van der Waals surface area (Å²) in [5, 5.41) is 0. The van der Waals surface area contributed by atoms with Crippen LogP contribution in [0.15, 0.2) is 44.7 Å². The first kappa shape index (κ1) is 24.5. The second-order valence-electron chi connectivity index (χ2n) is 4.59. The van der Waals surface area contributed by atoms with Gasteiger partial charge in [-0.2, -0.15) is 0 Å². The predicted molar refractivity (Wildman–Crippen MR) is 138 cm³/mol. The molecular weight excluding hydrogens is 983 g/mol. The molecule has 0 unspecified atom stereocenters. The standard InChI is InChI=1S/C14H4Br10O/c15-5-3(6(16)10(20)13(23)9(5)19)1-25-2-4-7(17)11(21)14(24)12(22)8(4)18/h1-2H2. The van der Waals surface area contributed by atoms with Gasteiger partial charge in [-0.3, -0.25) is 0 Å². The molecule has 2 aromatic carbocycles. The molecule has 0 radical (unpaired) electrons. The molecule has 0 aliphatic heterocycles. The van der Waals surface area contributed by atoms with Gasteiger partial charge in [-0.15, -0.1) is 0 Å². The zero-order valence-electron chi connectivity index (χ0n) is 11.6. The van der Waals surface area contributed by atoms with E-state index in [0.29, 0.717) is 13.2 Å². The number of halogens is 10. The average molecular weight is 987 g/mol. The summed E-state index contributed by atoms with van der Waals surface area (Å²) in [6.07, 6.45) is 0. The zero-order valence-corrected chi connectivity index (χ0v) is 27.5. The van der Waals surface area contributed by atoms with Gasteiger partial charge in [0.05, 0.1) is 13.2 Å². The van der Waals surface area contributed by atoms with Crippen LogP contribution in [-0.4, -0.2) is 0 Å². The second kappa shape index (κ2) is 10.5. The fourth-order valence-electron chi connectivity index (χ4n) is 1.81. The lowest BCUT2D eigenvalue weighted by atomic mass is 10.2. The quantitative estimate of drug-likeness (QED) is 0.219. The molecule has 0 aliphatic carbocycles. The first-order valence-corrected chi connectivity index (χ1v) is 14.1. The maximum Gasteiger partial charge on any atom is 0.0744 e. The Bertz CT molecular complexity index is 721. The minimum Gasteiger partial charge on any atom is -0.372 e. The van der Waals surface area contributed by atoms with Gasteiger partial charge >= 0.3 is 0 Å². The molecule has 11 heteroatoms. The van der Waals surface area contributed by atoms with Gasteiger partial charge in [0.25, 0.3) is 0 Å². The highest BCUT2D eigenvalue weighted by Crippen LogP contribution is 2.46. The summed E-state index contributed by atoms with van der Waals surface area (Å²) in [5.74, 6) is 0. The molecule has 0 fully saturated rings. The monoisotopic (exact) mass is 977 g/mol. The van der Waals surface area contributed by atoms with Crippen molar-refractivity contribution in [2.75, 3.05) is 0 Å². The summed E-state index contributed by atoms with van der Waals surface area (Å²) in [4.78, 5) is 0. The van der Waals surface area contributed by atoms with Gasteiger partial charge in [-0.1, -0.05) is 0 Å². The van der Waals surface area contributed by atoms with Crippen LogP contribution in [0.1, 0.15) is 11.1 Å². The van der Waals surface area contributed by atoms with E-state index in [4.69, 9.17) is 4.74 Å². The Hall–Kier alpha value is 3.20. The van der Waals surface area contributed by atoms with E-state index in [1.807, 2.05) is 0 Å². The third kappa shape index (κ3) is 5.28. The van der Waals surface area contributed by atoms with E-state index >= 15 is 0 Å². The molecule has 0 heterocycles. The van der Waals surface area contributed by atoms with Crippen molar-refractivity contribution in [3.05, 3.63) is 55.9 Å². The third-order valence-corrected chi connectivity index (χ3v) is 15.6. The molecule has 2 rings (SSSR count). The Labute approximate surface area is 229 Å². The molecule has 0 N–H and O–H groups in total. The van der Waals surface area contributed by atoms with E-state index in [1.54, 1.807) is 0 Å². The van der Waals surface area contributed by atoms with Crippen LogP contribution >= 0.6 is 159 Å². The van der Waals surface area contributed by atoms with Crippen LogP contribution in [0.4, 0.5) is 0 Å². The lowest BCUT2D eigenvalue weighted by molar-refractivity contribution is 0.105. The summed E-state index contributed by atoms with van der Waals surface area (Å²) < 4.78 is 15.3. The third-order valence-electron chi connectivity index (χ3n) is 3.09. The van der Waals surface area contributed by atoms with E-state index in [9.17, 15) is 0 Å². The van der Waals surface area contributed by atoms with Gasteiger partial charge < -0.3 is 4.74 Å². The number of hydrogen-bond donors (Lipinski definition) is 0. The van der Waals surface area contributed by atoms with Crippen LogP contribution in [0.5, 0.6) is 0 Å². The van der Waals surface area contributed by atoms with Crippen LogP contribution < -0.4 is 0 Å². The molecular formula is C14H4Br10O. The van der Waals surface area contributed by atoms with Gasteiger partial charge in [0, 0.05) is 55.9 Å². The van der Waals surface area contributed by atoms with Crippen LogP contribution in [-0.2, 0) is 18.0 Å². The minimum absolute atomic E-state index is 0.426.